The largest absolute Gasteiger partial charge is 0.497 e. The molecule has 50 heavy (non-hydrogen) atoms. The van der Waals surface area contributed by atoms with Gasteiger partial charge in [-0.3, -0.25) is 0 Å². The zero-order chi connectivity index (χ0) is 34.4. The van der Waals surface area contributed by atoms with Gasteiger partial charge in [0.15, 0.2) is 34.8 Å². The minimum atomic E-state index is 0.467. The summed E-state index contributed by atoms with van der Waals surface area (Å²) < 4.78 is 20.4. The molecule has 7 aromatic rings. The quantitative estimate of drug-likeness (QED) is 0.178. The number of ether oxygens (including phenoxy) is 3. The molecule has 0 atom stereocenters. The molecule has 246 valence electrons. The first kappa shape index (κ1) is 31.5. The Morgan fingerprint density at radius 1 is 0.420 bits per heavy atom. The number of halogens is 4. The van der Waals surface area contributed by atoms with E-state index in [4.69, 9.17) is 44.1 Å². The van der Waals surface area contributed by atoms with Crippen molar-refractivity contribution in [1.82, 2.24) is 39.9 Å². The Morgan fingerprint density at radius 2 is 0.780 bits per heavy atom. The van der Waals surface area contributed by atoms with E-state index in [0.29, 0.717) is 63.1 Å². The van der Waals surface area contributed by atoms with Gasteiger partial charge in [0.05, 0.1) is 21.3 Å². The van der Waals surface area contributed by atoms with Gasteiger partial charge in [-0.1, -0.05) is 0 Å². The van der Waals surface area contributed by atoms with Gasteiger partial charge < -0.3 is 24.2 Å². The second kappa shape index (κ2) is 11.8. The van der Waals surface area contributed by atoms with Crippen molar-refractivity contribution in [3.8, 4) is 62.8 Å². The summed E-state index contributed by atoms with van der Waals surface area (Å²) in [6, 6.07) is 17.5. The molecule has 5 heterocycles. The zero-order valence-electron chi connectivity index (χ0n) is 26.1. The molecule has 2 aliphatic heterocycles. The minimum Gasteiger partial charge on any atom is -0.497 e. The standard InChI is InChI=1S/C35H20Br4N8O3/c1-48-13-4-5-14-15(6-13)29-40-28(14)41-30-16-7-22(36)23(37)8-17(16)32(43-30)45-34-20-11-26(49-2)27(50-3)12-21(20)35(47-34)46-33-19-10-25(39)24(38)9-18(19)31(42-29)44-33/h4-12H,1-3H3,(H2,40,41,42,43,44,45,46,47). The first-order valence-electron chi connectivity index (χ1n) is 15.0. The monoisotopic (exact) mass is 916 g/mol. The molecule has 0 amide bonds. The zero-order valence-corrected chi connectivity index (χ0v) is 32.5. The molecule has 15 heteroatoms. The van der Waals surface area contributed by atoms with Crippen LogP contribution in [0, 0.1) is 0 Å². The molecule has 4 aromatic carbocycles. The van der Waals surface area contributed by atoms with E-state index in [1.54, 1.807) is 21.3 Å². The van der Waals surface area contributed by atoms with E-state index in [1.807, 2.05) is 54.6 Å². The van der Waals surface area contributed by atoms with Crippen molar-refractivity contribution < 1.29 is 14.2 Å². The lowest BCUT2D eigenvalue weighted by Gasteiger charge is -2.07. The Kier molecular flexibility index (Phi) is 7.46. The number of H-pyrrole nitrogens is 2. The number of aromatic nitrogens is 8. The van der Waals surface area contributed by atoms with Crippen LogP contribution in [0.2, 0.25) is 0 Å². The molecule has 2 aliphatic rings. The average molecular weight is 920 g/mol. The fourth-order valence-electron chi connectivity index (χ4n) is 6.21. The van der Waals surface area contributed by atoms with Gasteiger partial charge in [-0.15, -0.1) is 0 Å². The number of hydrogen-bond donors (Lipinski definition) is 2. The second-order valence-corrected chi connectivity index (χ2v) is 14.8. The van der Waals surface area contributed by atoms with E-state index in [-0.39, 0.29) is 0 Å². The Hall–Kier alpha value is -4.44. The third kappa shape index (κ3) is 4.93. The molecule has 2 N–H and O–H groups in total. The Morgan fingerprint density at radius 3 is 1.14 bits per heavy atom. The van der Waals surface area contributed by atoms with E-state index in [1.165, 1.54) is 0 Å². The molecule has 3 aromatic heterocycles. The maximum atomic E-state index is 5.68. The molecule has 0 unspecified atom stereocenters. The van der Waals surface area contributed by atoms with Gasteiger partial charge in [-0.2, -0.15) is 0 Å². The van der Waals surface area contributed by atoms with Crippen LogP contribution in [0.1, 0.15) is 0 Å². The highest BCUT2D eigenvalue weighted by Gasteiger charge is 2.25. The van der Waals surface area contributed by atoms with E-state index >= 15 is 0 Å². The number of methoxy groups -OCH3 is 3. The number of benzene rings is 4. The van der Waals surface area contributed by atoms with Crippen molar-refractivity contribution in [2.45, 2.75) is 0 Å². The summed E-state index contributed by atoms with van der Waals surface area (Å²) in [4.78, 5) is 37.3. The second-order valence-electron chi connectivity index (χ2n) is 11.4. The first-order chi connectivity index (χ1) is 24.2. The van der Waals surface area contributed by atoms with Gasteiger partial charge in [-0.25, -0.2) is 29.9 Å². The van der Waals surface area contributed by atoms with Crippen LogP contribution < -0.4 is 14.2 Å². The highest BCUT2D eigenvalue weighted by molar-refractivity contribution is 9.13. The smallest absolute Gasteiger partial charge is 0.164 e. The molecule has 8 bridgehead atoms. The number of nitrogens with one attached hydrogen (secondary N) is 2. The normalized spacial score (nSPS) is 11.9. The number of nitrogens with zero attached hydrogens (tertiary/aromatic N) is 6. The number of fused-ring (bicyclic) bond motifs is 20. The summed E-state index contributed by atoms with van der Waals surface area (Å²) in [5, 5.41) is 3.16. The molecular weight excluding hydrogens is 900 g/mol. The fraction of sp³-hybridized carbons (Fsp3) is 0.0857. The SMILES string of the molecule is COc1ccc2c3nc4nc(nc5[nH]c(nc6nc(nc([nH]3)c2c1)-c1cc(Br)c(Br)cc1-6)c1cc(OC)c(OC)cc51)-c1cc(Br)c(Br)cc1-4. The predicted molar refractivity (Wildman–Crippen MR) is 207 cm³/mol. The summed E-state index contributed by atoms with van der Waals surface area (Å²) in [7, 11) is 4.83. The molecule has 0 saturated carbocycles. The Bertz CT molecular complexity index is 2790. The van der Waals surface area contributed by atoms with Gasteiger partial charge in [0, 0.05) is 61.7 Å². The molecule has 0 saturated heterocycles. The van der Waals surface area contributed by atoms with E-state index < -0.39 is 0 Å². The van der Waals surface area contributed by atoms with Crippen molar-refractivity contribution >= 4 is 108 Å². The van der Waals surface area contributed by atoms with Crippen molar-refractivity contribution in [3.63, 3.8) is 0 Å². The van der Waals surface area contributed by atoms with Crippen LogP contribution in [0.25, 0.3) is 89.7 Å². The molecule has 11 nitrogen and oxygen atoms in total. The topological polar surface area (TPSA) is 137 Å². The summed E-state index contributed by atoms with van der Waals surface area (Å²) in [5.74, 6) is 3.68. The van der Waals surface area contributed by atoms with Crippen molar-refractivity contribution in [2.24, 2.45) is 0 Å². The van der Waals surface area contributed by atoms with E-state index in [2.05, 4.69) is 73.7 Å². The van der Waals surface area contributed by atoms with Crippen LogP contribution in [-0.2, 0) is 0 Å². The summed E-state index contributed by atoms with van der Waals surface area (Å²) in [5.41, 5.74) is 5.40. The van der Waals surface area contributed by atoms with Crippen LogP contribution in [-0.4, -0.2) is 61.2 Å². The van der Waals surface area contributed by atoms with E-state index in [9.17, 15) is 0 Å². The van der Waals surface area contributed by atoms with Crippen molar-refractivity contribution in [1.29, 1.82) is 0 Å². The molecular formula is C35H20Br4N8O3. The van der Waals surface area contributed by atoms with Crippen molar-refractivity contribution in [3.05, 3.63) is 72.5 Å². The van der Waals surface area contributed by atoms with Crippen LogP contribution in [0.5, 0.6) is 17.2 Å². The molecule has 0 aliphatic carbocycles. The Balaban J connectivity index is 1.50. The lowest BCUT2D eigenvalue weighted by Crippen LogP contribution is -1.90. The van der Waals surface area contributed by atoms with Gasteiger partial charge >= 0.3 is 0 Å². The minimum absolute atomic E-state index is 0.467. The highest BCUT2D eigenvalue weighted by Crippen LogP contribution is 2.43. The molecule has 0 fully saturated rings. The summed E-state index contributed by atoms with van der Waals surface area (Å²) in [6.07, 6.45) is 0. The number of rotatable bonds is 3. The summed E-state index contributed by atoms with van der Waals surface area (Å²) >= 11 is 14.7. The number of aromatic amines is 2. The van der Waals surface area contributed by atoms with Gasteiger partial charge in [-0.05, 0) is 118 Å². The van der Waals surface area contributed by atoms with Gasteiger partial charge in [0.2, 0.25) is 0 Å². The Labute approximate surface area is 316 Å². The van der Waals surface area contributed by atoms with E-state index in [0.717, 1.165) is 61.7 Å². The van der Waals surface area contributed by atoms with Crippen LogP contribution in [0.4, 0.5) is 0 Å². The number of hydrogen-bond acceptors (Lipinski definition) is 9. The highest BCUT2D eigenvalue weighted by atomic mass is 79.9. The first-order valence-corrected chi connectivity index (χ1v) is 18.2. The molecule has 9 rings (SSSR count). The van der Waals surface area contributed by atoms with Crippen LogP contribution >= 0.6 is 63.7 Å². The van der Waals surface area contributed by atoms with Gasteiger partial charge in [0.1, 0.15) is 28.3 Å². The third-order valence-corrected chi connectivity index (χ3v) is 12.3. The lowest BCUT2D eigenvalue weighted by molar-refractivity contribution is 0.356. The molecule has 0 radical (unpaired) electrons. The maximum Gasteiger partial charge on any atom is 0.164 e. The lowest BCUT2D eigenvalue weighted by atomic mass is 10.1. The average Bonchev–Trinajstić information content (AvgIpc) is 3.82. The molecule has 0 spiro atoms. The predicted octanol–water partition coefficient (Wildman–Crippen LogP) is 9.94. The van der Waals surface area contributed by atoms with Gasteiger partial charge in [0.25, 0.3) is 0 Å². The third-order valence-electron chi connectivity index (χ3n) is 8.62. The maximum absolute atomic E-state index is 5.68. The fourth-order valence-corrected chi connectivity index (χ4v) is 7.58. The summed E-state index contributed by atoms with van der Waals surface area (Å²) in [6.45, 7) is 0. The van der Waals surface area contributed by atoms with Crippen LogP contribution in [0.15, 0.2) is 72.5 Å². The van der Waals surface area contributed by atoms with Crippen LogP contribution in [0.3, 0.4) is 0 Å². The van der Waals surface area contributed by atoms with Crippen molar-refractivity contribution in [2.75, 3.05) is 21.3 Å².